The summed E-state index contributed by atoms with van der Waals surface area (Å²) in [6.45, 7) is 6.41. The molecule has 5 nitrogen and oxygen atoms in total. The summed E-state index contributed by atoms with van der Waals surface area (Å²) in [5.74, 6) is 0.830. The molecule has 1 heterocycles. The van der Waals surface area contributed by atoms with Crippen molar-refractivity contribution in [2.45, 2.75) is 6.92 Å². The van der Waals surface area contributed by atoms with Crippen molar-refractivity contribution in [2.75, 3.05) is 44.2 Å². The van der Waals surface area contributed by atoms with E-state index in [0.29, 0.717) is 22.8 Å². The predicted molar refractivity (Wildman–Crippen MR) is 107 cm³/mol. The molecule has 0 spiro atoms. The first-order chi connectivity index (χ1) is 13.1. The highest BCUT2D eigenvalue weighted by Crippen LogP contribution is 2.23. The summed E-state index contributed by atoms with van der Waals surface area (Å²) in [4.78, 5) is 16.2. The van der Waals surface area contributed by atoms with Crippen LogP contribution in [0.2, 0.25) is 5.02 Å². The number of halogens is 1. The Bertz CT molecular complexity index is 837. The second-order valence-electron chi connectivity index (χ2n) is 6.53. The van der Waals surface area contributed by atoms with Crippen LogP contribution in [-0.4, -0.2) is 50.0 Å². The summed E-state index contributed by atoms with van der Waals surface area (Å²) in [7, 11) is 0. The van der Waals surface area contributed by atoms with Gasteiger partial charge in [0.25, 0.3) is 0 Å². The van der Waals surface area contributed by atoms with Crippen molar-refractivity contribution in [3.63, 3.8) is 0 Å². The number of carbonyl (C=O) groups is 1. The summed E-state index contributed by atoms with van der Waals surface area (Å²) in [6.07, 6.45) is 0. The van der Waals surface area contributed by atoms with Gasteiger partial charge in [-0.25, -0.2) is 0 Å². The molecule has 2 aromatic carbocycles. The molecule has 0 bridgehead atoms. The van der Waals surface area contributed by atoms with Gasteiger partial charge in [0.2, 0.25) is 0 Å². The number of carbonyl (C=O) groups excluding carboxylic acids is 1. The summed E-state index contributed by atoms with van der Waals surface area (Å²) in [6, 6.07) is 14.9. The lowest BCUT2D eigenvalue weighted by Gasteiger charge is -2.36. The highest BCUT2D eigenvalue weighted by Gasteiger charge is 2.20. The number of anilines is 1. The van der Waals surface area contributed by atoms with E-state index in [2.05, 4.69) is 15.9 Å². The van der Waals surface area contributed by atoms with Crippen molar-refractivity contribution < 1.29 is 9.53 Å². The molecule has 2 aromatic rings. The van der Waals surface area contributed by atoms with Crippen molar-refractivity contribution in [1.29, 1.82) is 5.26 Å². The Morgan fingerprint density at radius 1 is 1.15 bits per heavy atom. The quantitative estimate of drug-likeness (QED) is 0.713. The largest absolute Gasteiger partial charge is 0.492 e. The third-order valence-electron chi connectivity index (χ3n) is 4.73. The van der Waals surface area contributed by atoms with Crippen LogP contribution >= 0.6 is 11.6 Å². The van der Waals surface area contributed by atoms with E-state index in [0.717, 1.165) is 44.2 Å². The Balaban J connectivity index is 1.53. The summed E-state index contributed by atoms with van der Waals surface area (Å²) < 4.78 is 5.76. The Kier molecular flexibility index (Phi) is 6.33. The second kappa shape index (κ2) is 8.90. The van der Waals surface area contributed by atoms with Crippen LogP contribution in [0.25, 0.3) is 0 Å². The highest BCUT2D eigenvalue weighted by molar-refractivity contribution is 6.30. The maximum absolute atomic E-state index is 11.7. The Morgan fingerprint density at radius 3 is 2.48 bits per heavy atom. The molecule has 0 atom stereocenters. The van der Waals surface area contributed by atoms with Crippen LogP contribution in [0, 0.1) is 11.3 Å². The zero-order chi connectivity index (χ0) is 19.2. The standard InChI is InChI=1S/C21H22ClN3O2/c1-16(26)17-2-3-18(15-23)21(14-17)25-10-8-24(9-11-25)12-13-27-20-6-4-19(22)5-7-20/h2-7,14H,8-13H2,1H3. The lowest BCUT2D eigenvalue weighted by Crippen LogP contribution is -2.47. The third-order valence-corrected chi connectivity index (χ3v) is 4.98. The molecule has 6 heteroatoms. The van der Waals surface area contributed by atoms with Crippen LogP contribution in [0.3, 0.4) is 0 Å². The maximum atomic E-state index is 11.7. The molecule has 0 aromatic heterocycles. The number of hydrogen-bond donors (Lipinski definition) is 0. The zero-order valence-corrected chi connectivity index (χ0v) is 16.1. The fourth-order valence-corrected chi connectivity index (χ4v) is 3.27. The number of rotatable bonds is 6. The van der Waals surface area contributed by atoms with E-state index in [1.54, 1.807) is 19.1 Å². The van der Waals surface area contributed by atoms with Gasteiger partial charge in [-0.15, -0.1) is 0 Å². The van der Waals surface area contributed by atoms with Crippen LogP contribution < -0.4 is 9.64 Å². The molecule has 27 heavy (non-hydrogen) atoms. The first-order valence-corrected chi connectivity index (χ1v) is 9.35. The molecule has 0 saturated carbocycles. The van der Waals surface area contributed by atoms with Gasteiger partial charge in [0, 0.05) is 43.3 Å². The number of hydrogen-bond acceptors (Lipinski definition) is 5. The average molecular weight is 384 g/mol. The smallest absolute Gasteiger partial charge is 0.159 e. The number of ether oxygens (including phenoxy) is 1. The van der Waals surface area contributed by atoms with Gasteiger partial charge in [-0.2, -0.15) is 5.26 Å². The van der Waals surface area contributed by atoms with Gasteiger partial charge in [-0.3, -0.25) is 9.69 Å². The van der Waals surface area contributed by atoms with E-state index in [1.165, 1.54) is 0 Å². The summed E-state index contributed by atoms with van der Waals surface area (Å²) in [5, 5.41) is 10.1. The van der Waals surface area contributed by atoms with Gasteiger partial charge in [0.1, 0.15) is 18.4 Å². The van der Waals surface area contributed by atoms with Crippen molar-refractivity contribution in [1.82, 2.24) is 4.90 Å². The van der Waals surface area contributed by atoms with Gasteiger partial charge in [0.05, 0.1) is 11.3 Å². The number of piperazine rings is 1. The van der Waals surface area contributed by atoms with E-state index >= 15 is 0 Å². The van der Waals surface area contributed by atoms with Crippen molar-refractivity contribution in [3.05, 3.63) is 58.6 Å². The molecule has 1 aliphatic rings. The molecule has 0 N–H and O–H groups in total. The maximum Gasteiger partial charge on any atom is 0.159 e. The second-order valence-corrected chi connectivity index (χ2v) is 6.97. The normalized spacial score (nSPS) is 14.6. The molecule has 0 unspecified atom stereocenters. The first kappa shape index (κ1) is 19.2. The lowest BCUT2D eigenvalue weighted by atomic mass is 10.1. The minimum atomic E-state index is 0.0127. The average Bonchev–Trinajstić information content (AvgIpc) is 2.69. The minimum absolute atomic E-state index is 0.0127. The van der Waals surface area contributed by atoms with E-state index in [-0.39, 0.29) is 5.78 Å². The first-order valence-electron chi connectivity index (χ1n) is 8.97. The van der Waals surface area contributed by atoms with Crippen LogP contribution in [0.4, 0.5) is 5.69 Å². The predicted octanol–water partition coefficient (Wildman–Crippen LogP) is 3.62. The molecule has 140 valence electrons. The fraction of sp³-hybridized carbons (Fsp3) is 0.333. The topological polar surface area (TPSA) is 56.6 Å². The van der Waals surface area contributed by atoms with E-state index in [1.807, 2.05) is 30.3 Å². The monoisotopic (exact) mass is 383 g/mol. The van der Waals surface area contributed by atoms with Gasteiger partial charge in [0.15, 0.2) is 5.78 Å². The molecular formula is C21H22ClN3O2. The molecule has 0 aliphatic carbocycles. The Hall–Kier alpha value is -2.55. The zero-order valence-electron chi connectivity index (χ0n) is 15.3. The molecular weight excluding hydrogens is 362 g/mol. The van der Waals surface area contributed by atoms with Gasteiger partial charge in [-0.05, 0) is 49.4 Å². The van der Waals surface area contributed by atoms with Crippen molar-refractivity contribution in [2.24, 2.45) is 0 Å². The lowest BCUT2D eigenvalue weighted by molar-refractivity contribution is 0.101. The molecule has 0 radical (unpaired) electrons. The van der Waals surface area contributed by atoms with E-state index in [4.69, 9.17) is 16.3 Å². The minimum Gasteiger partial charge on any atom is -0.492 e. The van der Waals surface area contributed by atoms with E-state index < -0.39 is 0 Å². The molecule has 3 rings (SSSR count). The number of Topliss-reactive ketones (excluding diaryl/α,β-unsaturated/α-hetero) is 1. The van der Waals surface area contributed by atoms with Crippen molar-refractivity contribution >= 4 is 23.1 Å². The Morgan fingerprint density at radius 2 is 1.85 bits per heavy atom. The van der Waals surface area contributed by atoms with Crippen molar-refractivity contribution in [3.8, 4) is 11.8 Å². The van der Waals surface area contributed by atoms with E-state index in [9.17, 15) is 10.1 Å². The molecule has 1 fully saturated rings. The van der Waals surface area contributed by atoms with Gasteiger partial charge < -0.3 is 9.64 Å². The molecule has 0 amide bonds. The summed E-state index contributed by atoms with van der Waals surface area (Å²) >= 11 is 5.87. The number of benzene rings is 2. The number of nitrogens with zero attached hydrogens (tertiary/aromatic N) is 3. The van der Waals surface area contributed by atoms with Crippen LogP contribution in [-0.2, 0) is 0 Å². The van der Waals surface area contributed by atoms with Crippen LogP contribution in [0.1, 0.15) is 22.8 Å². The number of nitriles is 1. The van der Waals surface area contributed by atoms with Crippen LogP contribution in [0.5, 0.6) is 5.75 Å². The molecule has 1 saturated heterocycles. The van der Waals surface area contributed by atoms with Crippen LogP contribution in [0.15, 0.2) is 42.5 Å². The number of ketones is 1. The summed E-state index contributed by atoms with van der Waals surface area (Å²) in [5.41, 5.74) is 2.10. The fourth-order valence-electron chi connectivity index (χ4n) is 3.14. The van der Waals surface area contributed by atoms with Gasteiger partial charge in [-0.1, -0.05) is 11.6 Å². The third kappa shape index (κ3) is 5.00. The van der Waals surface area contributed by atoms with Gasteiger partial charge >= 0.3 is 0 Å². The SMILES string of the molecule is CC(=O)c1ccc(C#N)c(N2CCN(CCOc3ccc(Cl)cc3)CC2)c1. The Labute approximate surface area is 164 Å². The molecule has 1 aliphatic heterocycles. The highest BCUT2D eigenvalue weighted by atomic mass is 35.5.